The minimum Gasteiger partial charge on any atom is -0.492 e. The first-order valence-corrected chi connectivity index (χ1v) is 16.0. The lowest BCUT2D eigenvalue weighted by Crippen LogP contribution is -2.42. The van der Waals surface area contributed by atoms with E-state index >= 15 is 0 Å². The van der Waals surface area contributed by atoms with Gasteiger partial charge in [0.25, 0.3) is 0 Å². The van der Waals surface area contributed by atoms with Crippen LogP contribution >= 0.6 is 0 Å². The number of benzene rings is 1. The van der Waals surface area contributed by atoms with Crippen LogP contribution in [0.15, 0.2) is 29.5 Å². The smallest absolute Gasteiger partial charge is 0.326 e. The highest BCUT2D eigenvalue weighted by molar-refractivity contribution is 7.92. The number of pyridine rings is 1. The number of ether oxygens (including phenoxy) is 1. The average molecular weight is 567 g/mol. The quantitative estimate of drug-likeness (QED) is 0.329. The highest BCUT2D eigenvalue weighted by Crippen LogP contribution is 2.43. The summed E-state index contributed by atoms with van der Waals surface area (Å²) < 4.78 is 33.1. The van der Waals surface area contributed by atoms with Gasteiger partial charge in [-0.2, -0.15) is 5.10 Å². The van der Waals surface area contributed by atoms with Gasteiger partial charge in [0.2, 0.25) is 0 Å². The number of aromatic nitrogens is 5. The van der Waals surface area contributed by atoms with Gasteiger partial charge in [0.15, 0.2) is 21.2 Å². The summed E-state index contributed by atoms with van der Waals surface area (Å²) in [5, 5.41) is 7.87. The molecular formula is C29H38N6O4S. The van der Waals surface area contributed by atoms with Crippen molar-refractivity contribution in [2.24, 2.45) is 0 Å². The third-order valence-corrected chi connectivity index (χ3v) is 11.3. The van der Waals surface area contributed by atoms with Gasteiger partial charge >= 0.3 is 5.69 Å². The Kier molecular flexibility index (Phi) is 6.57. The predicted molar refractivity (Wildman–Crippen MR) is 156 cm³/mol. The maximum absolute atomic E-state index is 13.3. The van der Waals surface area contributed by atoms with Crippen molar-refractivity contribution in [2.45, 2.75) is 82.0 Å². The minimum atomic E-state index is -3.04. The first-order chi connectivity index (χ1) is 19.0. The van der Waals surface area contributed by atoms with E-state index in [-0.39, 0.29) is 23.7 Å². The molecule has 0 atom stereocenters. The van der Waals surface area contributed by atoms with Gasteiger partial charge < -0.3 is 15.0 Å². The molecule has 0 amide bonds. The Balaban J connectivity index is 1.31. The Morgan fingerprint density at radius 1 is 1.18 bits per heavy atom. The Morgan fingerprint density at radius 2 is 1.90 bits per heavy atom. The molecule has 0 radical (unpaired) electrons. The molecule has 2 N–H and O–H groups in total. The maximum Gasteiger partial charge on any atom is 0.326 e. The number of nitrogens with zero attached hydrogens (tertiary/aromatic N) is 4. The largest absolute Gasteiger partial charge is 0.492 e. The van der Waals surface area contributed by atoms with E-state index in [1.807, 2.05) is 17.7 Å². The summed E-state index contributed by atoms with van der Waals surface area (Å²) in [5.41, 5.74) is 6.47. The van der Waals surface area contributed by atoms with E-state index in [2.05, 4.69) is 46.4 Å². The Labute approximate surface area is 234 Å². The number of imidazole rings is 1. The molecule has 10 nitrogen and oxygen atoms in total. The summed E-state index contributed by atoms with van der Waals surface area (Å²) in [6.45, 7) is 6.89. The van der Waals surface area contributed by atoms with Crippen LogP contribution < -0.4 is 15.7 Å². The monoisotopic (exact) mass is 566 g/mol. The zero-order valence-electron chi connectivity index (χ0n) is 23.8. The average Bonchev–Trinajstić information content (AvgIpc) is 3.47. The standard InChI is InChI=1S/C29H38N6O4S/c1-17(2)21-13-25-24(12-22(21)23-14-34-27(31-16-32-34)26(39-4)18(23)3)33-28(36)35(25)20-8-6-19(7-9-20)30-15-29(10-11-29)40(5,37)38/h12-14,16-17,19-20,30H,6-11,15H2,1-5H3,(H,33,36). The van der Waals surface area contributed by atoms with E-state index in [1.54, 1.807) is 11.6 Å². The van der Waals surface area contributed by atoms with Crippen LogP contribution in [0, 0.1) is 6.92 Å². The van der Waals surface area contributed by atoms with E-state index in [1.165, 1.54) is 12.6 Å². The molecule has 0 aliphatic heterocycles. The molecule has 1 aromatic carbocycles. The van der Waals surface area contributed by atoms with Gasteiger partial charge in [-0.05, 0) is 74.6 Å². The number of sulfone groups is 1. The lowest BCUT2D eigenvalue weighted by Gasteiger charge is -2.31. The van der Waals surface area contributed by atoms with E-state index in [0.717, 1.165) is 71.8 Å². The molecule has 0 unspecified atom stereocenters. The molecule has 2 saturated carbocycles. The summed E-state index contributed by atoms with van der Waals surface area (Å²) in [4.78, 5) is 20.8. The number of aromatic amines is 1. The SMILES string of the molecule is COc1c(C)c(-c2cc3[nH]c(=O)n(C4CCC(NCC5(S(C)(=O)=O)CC5)CC4)c3cc2C(C)C)cn2ncnc12. The predicted octanol–water partition coefficient (Wildman–Crippen LogP) is 4.13. The first-order valence-electron chi connectivity index (χ1n) is 14.1. The molecule has 0 bridgehead atoms. The second kappa shape index (κ2) is 9.73. The second-order valence-corrected chi connectivity index (χ2v) is 14.4. The molecule has 40 heavy (non-hydrogen) atoms. The molecule has 0 spiro atoms. The van der Waals surface area contributed by atoms with Crippen LogP contribution in [-0.2, 0) is 9.84 Å². The van der Waals surface area contributed by atoms with Crippen molar-refractivity contribution in [3.05, 3.63) is 46.3 Å². The van der Waals surface area contributed by atoms with Gasteiger partial charge in [0.05, 0.1) is 22.9 Å². The minimum absolute atomic E-state index is 0.0895. The number of H-pyrrole nitrogens is 1. The highest BCUT2D eigenvalue weighted by atomic mass is 32.2. The Bertz CT molecular complexity index is 1750. The number of fused-ring (bicyclic) bond motifs is 2. The molecule has 2 fully saturated rings. The van der Waals surface area contributed by atoms with E-state index in [9.17, 15) is 13.2 Å². The summed E-state index contributed by atoms with van der Waals surface area (Å²) in [6.07, 6.45) is 9.91. The van der Waals surface area contributed by atoms with Crippen LogP contribution in [0.2, 0.25) is 0 Å². The summed E-state index contributed by atoms with van der Waals surface area (Å²) in [5.74, 6) is 0.907. The fourth-order valence-electron chi connectivity index (χ4n) is 6.48. The zero-order chi connectivity index (χ0) is 28.4. The Morgan fingerprint density at radius 3 is 2.52 bits per heavy atom. The zero-order valence-corrected chi connectivity index (χ0v) is 24.6. The molecule has 2 aliphatic rings. The fraction of sp³-hybridized carbons (Fsp3) is 0.552. The van der Waals surface area contributed by atoms with Crippen LogP contribution in [0.4, 0.5) is 0 Å². The number of methoxy groups -OCH3 is 1. The molecule has 3 heterocycles. The van der Waals surface area contributed by atoms with Crippen LogP contribution in [0.3, 0.4) is 0 Å². The van der Waals surface area contributed by atoms with Crippen molar-refractivity contribution in [2.75, 3.05) is 19.9 Å². The van der Waals surface area contributed by atoms with Crippen molar-refractivity contribution in [1.29, 1.82) is 0 Å². The van der Waals surface area contributed by atoms with E-state index < -0.39 is 14.6 Å². The fourth-order valence-corrected chi connectivity index (χ4v) is 7.67. The molecule has 2 aliphatic carbocycles. The summed E-state index contributed by atoms with van der Waals surface area (Å²) >= 11 is 0. The van der Waals surface area contributed by atoms with Gasteiger partial charge in [0.1, 0.15) is 6.33 Å². The van der Waals surface area contributed by atoms with Crippen molar-refractivity contribution < 1.29 is 13.2 Å². The number of nitrogens with one attached hydrogen (secondary N) is 2. The van der Waals surface area contributed by atoms with Gasteiger partial charge in [-0.3, -0.25) is 4.57 Å². The van der Waals surface area contributed by atoms with Crippen LogP contribution in [0.1, 0.15) is 75.5 Å². The summed E-state index contributed by atoms with van der Waals surface area (Å²) in [6, 6.07) is 4.63. The molecule has 6 rings (SSSR count). The summed E-state index contributed by atoms with van der Waals surface area (Å²) in [7, 11) is -1.40. The van der Waals surface area contributed by atoms with Crippen molar-refractivity contribution in [3.63, 3.8) is 0 Å². The number of hydrogen-bond donors (Lipinski definition) is 2. The van der Waals surface area contributed by atoms with Crippen molar-refractivity contribution in [3.8, 4) is 16.9 Å². The van der Waals surface area contributed by atoms with Gasteiger partial charge in [-0.1, -0.05) is 13.8 Å². The van der Waals surface area contributed by atoms with Crippen LogP contribution in [0.5, 0.6) is 5.75 Å². The third-order valence-electron chi connectivity index (χ3n) is 9.15. The van der Waals surface area contributed by atoms with E-state index in [4.69, 9.17) is 4.74 Å². The normalized spacial score (nSPS) is 20.9. The second-order valence-electron chi connectivity index (χ2n) is 12.0. The van der Waals surface area contributed by atoms with Crippen molar-refractivity contribution in [1.82, 2.24) is 29.5 Å². The van der Waals surface area contributed by atoms with Gasteiger partial charge in [0, 0.05) is 42.2 Å². The molecule has 11 heteroatoms. The lowest BCUT2D eigenvalue weighted by atomic mass is 9.89. The van der Waals surface area contributed by atoms with Crippen LogP contribution in [-0.4, -0.2) is 63.3 Å². The molecule has 3 aromatic heterocycles. The topological polar surface area (TPSA) is 123 Å². The lowest BCUT2D eigenvalue weighted by molar-refractivity contribution is 0.290. The number of rotatable bonds is 8. The van der Waals surface area contributed by atoms with Gasteiger partial charge in [-0.25, -0.2) is 22.7 Å². The van der Waals surface area contributed by atoms with Crippen molar-refractivity contribution >= 4 is 26.5 Å². The molecule has 4 aromatic rings. The van der Waals surface area contributed by atoms with Crippen LogP contribution in [0.25, 0.3) is 27.8 Å². The molecule has 0 saturated heterocycles. The molecular weight excluding hydrogens is 528 g/mol. The first kappa shape index (κ1) is 27.0. The maximum atomic E-state index is 13.3. The highest BCUT2D eigenvalue weighted by Gasteiger charge is 2.51. The Hall–Kier alpha value is -3.18. The molecule has 214 valence electrons. The van der Waals surface area contributed by atoms with Gasteiger partial charge in [-0.15, -0.1) is 0 Å². The number of hydrogen-bond acceptors (Lipinski definition) is 7. The van der Waals surface area contributed by atoms with E-state index in [0.29, 0.717) is 17.9 Å². The third kappa shape index (κ3) is 4.43.